The highest BCUT2D eigenvalue weighted by molar-refractivity contribution is 6.37. The van der Waals surface area contributed by atoms with Crippen LogP contribution >= 0.6 is 0 Å². The van der Waals surface area contributed by atoms with Gasteiger partial charge in [-0.2, -0.15) is 0 Å². The summed E-state index contributed by atoms with van der Waals surface area (Å²) in [7, 11) is 0. The number of para-hydroxylation sites is 1. The molecule has 0 aliphatic heterocycles. The molecule has 1 aromatic heterocycles. The molecule has 218 valence electrons. The number of aromatic nitrogens is 1. The van der Waals surface area contributed by atoms with Crippen LogP contribution in [0, 0.1) is 0 Å². The number of carbonyl (C=O) groups is 1. The summed E-state index contributed by atoms with van der Waals surface area (Å²) in [5, 5.41) is 9.04. The van der Waals surface area contributed by atoms with Crippen LogP contribution in [0.15, 0.2) is 107 Å². The minimum absolute atomic E-state index is 0.137. The van der Waals surface area contributed by atoms with E-state index in [1.54, 1.807) is 0 Å². The Morgan fingerprint density at radius 2 is 1.11 bits per heavy atom. The zero-order valence-electron chi connectivity index (χ0n) is 25.6. The molecule has 8 aromatic rings. The largest absolute Gasteiger partial charge is 0.298 e. The van der Waals surface area contributed by atoms with Gasteiger partial charge in [0, 0.05) is 5.56 Å². The summed E-state index contributed by atoms with van der Waals surface area (Å²) in [6, 6.07) is 32.3. The number of fused-ring (bicyclic) bond motifs is 4. The fourth-order valence-corrected chi connectivity index (χ4v) is 7.50. The maximum absolute atomic E-state index is 14.5. The van der Waals surface area contributed by atoms with Crippen molar-refractivity contribution in [2.24, 2.45) is 0 Å². The summed E-state index contributed by atoms with van der Waals surface area (Å²) in [6.45, 7) is 8.41. The van der Waals surface area contributed by atoms with Crippen molar-refractivity contribution in [2.45, 2.75) is 39.5 Å². The zero-order chi connectivity index (χ0) is 31.1. The van der Waals surface area contributed by atoms with Crippen LogP contribution in [0.2, 0.25) is 0 Å². The minimum Gasteiger partial charge on any atom is -0.298 e. The van der Waals surface area contributed by atoms with Crippen molar-refractivity contribution in [2.75, 3.05) is 0 Å². The first-order valence-electron chi connectivity index (χ1n) is 15.5. The van der Waals surface area contributed by atoms with Crippen molar-refractivity contribution >= 4 is 60.1 Å². The lowest BCUT2D eigenvalue weighted by Crippen LogP contribution is -2.26. The van der Waals surface area contributed by atoms with E-state index in [9.17, 15) is 14.4 Å². The lowest BCUT2D eigenvalue weighted by atomic mass is 9.86. The highest BCUT2D eigenvalue weighted by atomic mass is 16.2. The maximum atomic E-state index is 14.5. The quantitative estimate of drug-likeness (QED) is 0.115. The fourth-order valence-electron chi connectivity index (χ4n) is 7.50. The smallest absolute Gasteiger partial charge is 0.266 e. The van der Waals surface area contributed by atoms with Gasteiger partial charge in [-0.15, -0.1) is 0 Å². The van der Waals surface area contributed by atoms with Crippen LogP contribution in [0.4, 0.5) is 0 Å². The van der Waals surface area contributed by atoms with E-state index in [0.717, 1.165) is 77.3 Å². The Kier molecular flexibility index (Phi) is 5.95. The molecule has 0 radical (unpaired) electrons. The molecule has 0 aliphatic rings. The predicted molar refractivity (Wildman–Crippen MR) is 187 cm³/mol. The minimum atomic E-state index is -0.272. The molecule has 1 heterocycles. The van der Waals surface area contributed by atoms with Crippen molar-refractivity contribution in [3.63, 3.8) is 0 Å². The number of rotatable bonds is 5. The van der Waals surface area contributed by atoms with Crippen LogP contribution in [-0.4, -0.2) is 10.9 Å². The van der Waals surface area contributed by atoms with E-state index in [-0.39, 0.29) is 23.0 Å². The molecule has 0 amide bonds. The summed E-state index contributed by atoms with van der Waals surface area (Å²) in [5.74, 6) is 0.273. The first-order valence-corrected chi connectivity index (χ1v) is 15.5. The maximum Gasteiger partial charge on any atom is 0.266 e. The Labute approximate surface area is 259 Å². The van der Waals surface area contributed by atoms with E-state index < -0.39 is 0 Å². The average molecular weight is 586 g/mol. The van der Waals surface area contributed by atoms with Crippen molar-refractivity contribution in [1.29, 1.82) is 0 Å². The van der Waals surface area contributed by atoms with Gasteiger partial charge < -0.3 is 0 Å². The van der Waals surface area contributed by atoms with Crippen molar-refractivity contribution in [3.8, 4) is 16.8 Å². The van der Waals surface area contributed by atoms with E-state index in [4.69, 9.17) is 0 Å². The van der Waals surface area contributed by atoms with Crippen molar-refractivity contribution < 1.29 is 4.79 Å². The van der Waals surface area contributed by atoms with E-state index in [1.165, 1.54) is 4.57 Å². The van der Waals surface area contributed by atoms with E-state index in [2.05, 4.69) is 64.1 Å². The molecule has 0 saturated carbocycles. The van der Waals surface area contributed by atoms with Gasteiger partial charge in [-0.3, -0.25) is 14.4 Å². The Bertz CT molecular complexity index is 2580. The number of hydrogen-bond donors (Lipinski definition) is 0. The van der Waals surface area contributed by atoms with Gasteiger partial charge in [0.25, 0.3) is 11.1 Å². The molecule has 8 rings (SSSR count). The molecule has 7 aromatic carbocycles. The first kappa shape index (κ1) is 27.2. The highest BCUT2D eigenvalue weighted by Gasteiger charge is 2.25. The van der Waals surface area contributed by atoms with Crippen LogP contribution in [0.3, 0.4) is 0 Å². The summed E-state index contributed by atoms with van der Waals surface area (Å²) in [5.41, 5.74) is 4.83. The van der Waals surface area contributed by atoms with Gasteiger partial charge in [0.15, 0.2) is 0 Å². The highest BCUT2D eigenvalue weighted by Crippen LogP contribution is 2.44. The molecule has 0 unspecified atom stereocenters. The van der Waals surface area contributed by atoms with Gasteiger partial charge in [-0.05, 0) is 89.3 Å². The standard InChI is InChI=1S/C41H31NO3/c1-22(2)26-11-6-12-27(23(3)4)39(26)42-40(44)35-20-34-32-18-17-28(25-10-5-9-24(19-25)21-43)29-13-7-14-30(36(29)32)31-15-8-16-33(37(31)34)38(35)41(42)45/h5-23H,1-4H3. The van der Waals surface area contributed by atoms with Gasteiger partial charge in [0.05, 0.1) is 16.5 Å². The van der Waals surface area contributed by atoms with Crippen LogP contribution in [0.25, 0.3) is 70.7 Å². The topological polar surface area (TPSA) is 56.1 Å². The lowest BCUT2D eigenvalue weighted by molar-refractivity contribution is 0.112. The van der Waals surface area contributed by atoms with Gasteiger partial charge in [0.1, 0.15) is 6.29 Å². The molecule has 0 saturated heterocycles. The number of benzene rings is 7. The summed E-state index contributed by atoms with van der Waals surface area (Å²) in [6.07, 6.45) is 0.872. The second kappa shape index (κ2) is 9.83. The summed E-state index contributed by atoms with van der Waals surface area (Å²) >= 11 is 0. The van der Waals surface area contributed by atoms with Crippen molar-refractivity contribution in [1.82, 2.24) is 4.57 Å². The van der Waals surface area contributed by atoms with Gasteiger partial charge >= 0.3 is 0 Å². The zero-order valence-corrected chi connectivity index (χ0v) is 25.6. The molecular weight excluding hydrogens is 554 g/mol. The van der Waals surface area contributed by atoms with Crippen LogP contribution in [-0.2, 0) is 0 Å². The van der Waals surface area contributed by atoms with E-state index in [0.29, 0.717) is 16.3 Å². The Balaban J connectivity index is 1.54. The van der Waals surface area contributed by atoms with Crippen LogP contribution in [0.5, 0.6) is 0 Å². The van der Waals surface area contributed by atoms with Gasteiger partial charge in [0.2, 0.25) is 0 Å². The molecule has 45 heavy (non-hydrogen) atoms. The van der Waals surface area contributed by atoms with E-state index >= 15 is 0 Å². The monoisotopic (exact) mass is 585 g/mol. The molecule has 0 spiro atoms. The average Bonchev–Trinajstić information content (AvgIpc) is 3.31. The first-order chi connectivity index (χ1) is 21.8. The number of aldehydes is 1. The molecule has 0 aliphatic carbocycles. The second-order valence-electron chi connectivity index (χ2n) is 12.7. The predicted octanol–water partition coefficient (Wildman–Crippen LogP) is 9.57. The van der Waals surface area contributed by atoms with E-state index in [1.807, 2.05) is 60.7 Å². The SMILES string of the molecule is CC(C)c1cccc(C(C)C)c1-n1c(=O)c2cc3c4ccc(-c5cccc(C=O)c5)c5cccc(c6cccc(c2c1=O)c63)c54. The van der Waals surface area contributed by atoms with Gasteiger partial charge in [-0.25, -0.2) is 4.57 Å². The second-order valence-corrected chi connectivity index (χ2v) is 12.7. The number of carbonyl (C=O) groups excluding carboxylic acids is 1. The van der Waals surface area contributed by atoms with Gasteiger partial charge in [-0.1, -0.05) is 113 Å². The Morgan fingerprint density at radius 3 is 1.78 bits per heavy atom. The van der Waals surface area contributed by atoms with Crippen LogP contribution < -0.4 is 11.1 Å². The molecule has 0 N–H and O–H groups in total. The summed E-state index contributed by atoms with van der Waals surface area (Å²) in [4.78, 5) is 40.5. The molecule has 0 fully saturated rings. The Morgan fingerprint density at radius 1 is 0.533 bits per heavy atom. The summed E-state index contributed by atoms with van der Waals surface area (Å²) < 4.78 is 1.44. The lowest BCUT2D eigenvalue weighted by Gasteiger charge is -2.19. The molecule has 0 bridgehead atoms. The molecular formula is C41H31NO3. The Hall–Kier alpha value is -5.35. The third-order valence-corrected chi connectivity index (χ3v) is 9.53. The number of nitrogens with zero attached hydrogens (tertiary/aromatic N) is 1. The van der Waals surface area contributed by atoms with Crippen LogP contribution in [0.1, 0.15) is 61.0 Å². The normalized spacial score (nSPS) is 12.2. The van der Waals surface area contributed by atoms with Crippen molar-refractivity contribution in [3.05, 3.63) is 134 Å². The number of hydrogen-bond acceptors (Lipinski definition) is 3. The fraction of sp³-hybridized carbons (Fsp3) is 0.146. The molecule has 0 atom stereocenters. The third kappa shape index (κ3) is 3.75. The molecule has 4 heteroatoms. The molecule has 4 nitrogen and oxygen atoms in total. The third-order valence-electron chi connectivity index (χ3n) is 9.53.